The summed E-state index contributed by atoms with van der Waals surface area (Å²) in [5.41, 5.74) is 2.06. The highest BCUT2D eigenvalue weighted by Crippen LogP contribution is 2.35. The SMILES string of the molecule is CCc1c(C)sc(CC(=O)C2CCCCC2C(=O)O)c1C(=O)Nc1cccc(Cl)c1. The van der Waals surface area contributed by atoms with Crippen molar-refractivity contribution in [3.05, 3.63) is 50.2 Å². The Bertz CT molecular complexity index is 968. The Morgan fingerprint density at radius 2 is 1.90 bits per heavy atom. The van der Waals surface area contributed by atoms with E-state index in [1.54, 1.807) is 24.3 Å². The van der Waals surface area contributed by atoms with E-state index in [0.717, 1.165) is 23.3 Å². The number of amides is 1. The van der Waals surface area contributed by atoms with Gasteiger partial charge in [-0.1, -0.05) is 37.4 Å². The number of nitrogens with one attached hydrogen (secondary N) is 1. The second kappa shape index (κ2) is 9.75. The quantitative estimate of drug-likeness (QED) is 0.584. The Labute approximate surface area is 185 Å². The van der Waals surface area contributed by atoms with Crippen LogP contribution >= 0.6 is 22.9 Å². The fourth-order valence-corrected chi connectivity index (χ4v) is 5.78. The largest absolute Gasteiger partial charge is 0.481 e. The van der Waals surface area contributed by atoms with Gasteiger partial charge in [-0.2, -0.15) is 0 Å². The number of halogens is 1. The van der Waals surface area contributed by atoms with Crippen molar-refractivity contribution in [2.24, 2.45) is 11.8 Å². The third-order valence-electron chi connectivity index (χ3n) is 5.78. The summed E-state index contributed by atoms with van der Waals surface area (Å²) in [7, 11) is 0. The number of hydrogen-bond acceptors (Lipinski definition) is 4. The highest BCUT2D eigenvalue weighted by Gasteiger charge is 2.36. The van der Waals surface area contributed by atoms with E-state index in [1.165, 1.54) is 11.3 Å². The maximum Gasteiger partial charge on any atom is 0.307 e. The molecule has 0 saturated heterocycles. The Morgan fingerprint density at radius 1 is 1.20 bits per heavy atom. The molecule has 1 amide bonds. The predicted molar refractivity (Wildman–Crippen MR) is 120 cm³/mol. The molecule has 2 unspecified atom stereocenters. The molecule has 30 heavy (non-hydrogen) atoms. The van der Waals surface area contributed by atoms with E-state index in [1.807, 2.05) is 13.8 Å². The van der Waals surface area contributed by atoms with Gasteiger partial charge >= 0.3 is 5.97 Å². The number of Topliss-reactive ketones (excluding diaryl/α,β-unsaturated/α-hetero) is 1. The predicted octanol–water partition coefficient (Wildman–Crippen LogP) is 5.53. The summed E-state index contributed by atoms with van der Waals surface area (Å²) in [6.45, 7) is 3.94. The molecular weight excluding hydrogens is 422 g/mol. The molecule has 1 aliphatic rings. The average molecular weight is 448 g/mol. The van der Waals surface area contributed by atoms with Crippen molar-refractivity contribution in [2.75, 3.05) is 5.32 Å². The Kier molecular flexibility index (Phi) is 7.32. The number of aryl methyl sites for hydroxylation is 1. The molecular formula is C23H26ClNO4S. The molecule has 0 radical (unpaired) electrons. The van der Waals surface area contributed by atoms with E-state index >= 15 is 0 Å². The normalized spacial score (nSPS) is 18.8. The molecule has 5 nitrogen and oxygen atoms in total. The van der Waals surface area contributed by atoms with Crippen LogP contribution in [0.5, 0.6) is 0 Å². The van der Waals surface area contributed by atoms with E-state index in [4.69, 9.17) is 11.6 Å². The molecule has 1 heterocycles. The average Bonchev–Trinajstić information content (AvgIpc) is 3.02. The molecule has 2 atom stereocenters. The van der Waals surface area contributed by atoms with Crippen LogP contribution in [0.15, 0.2) is 24.3 Å². The maximum absolute atomic E-state index is 13.1. The lowest BCUT2D eigenvalue weighted by atomic mass is 9.76. The zero-order valence-electron chi connectivity index (χ0n) is 17.2. The number of carboxylic acids is 1. The van der Waals surface area contributed by atoms with Gasteiger partial charge < -0.3 is 10.4 Å². The van der Waals surface area contributed by atoms with Crippen LogP contribution in [0, 0.1) is 18.8 Å². The molecule has 7 heteroatoms. The molecule has 1 aliphatic carbocycles. The summed E-state index contributed by atoms with van der Waals surface area (Å²) in [6, 6.07) is 6.93. The Balaban J connectivity index is 1.87. The highest BCUT2D eigenvalue weighted by atomic mass is 35.5. The number of hydrogen-bond donors (Lipinski definition) is 2. The highest BCUT2D eigenvalue weighted by molar-refractivity contribution is 7.12. The topological polar surface area (TPSA) is 83.5 Å². The molecule has 1 saturated carbocycles. The zero-order chi connectivity index (χ0) is 21.8. The number of carbonyl (C=O) groups excluding carboxylic acids is 2. The second-order valence-corrected chi connectivity index (χ2v) is 9.48. The molecule has 0 bridgehead atoms. The van der Waals surface area contributed by atoms with E-state index < -0.39 is 17.8 Å². The van der Waals surface area contributed by atoms with Crippen molar-refractivity contribution in [3.8, 4) is 0 Å². The van der Waals surface area contributed by atoms with Gasteiger partial charge in [0.1, 0.15) is 5.78 Å². The monoisotopic (exact) mass is 447 g/mol. The Hall–Kier alpha value is -2.18. The van der Waals surface area contributed by atoms with E-state index in [2.05, 4.69) is 5.32 Å². The fourth-order valence-electron chi connectivity index (χ4n) is 4.32. The first-order valence-electron chi connectivity index (χ1n) is 10.2. The molecule has 1 aromatic heterocycles. The molecule has 2 aromatic rings. The minimum absolute atomic E-state index is 0.0807. The van der Waals surface area contributed by atoms with Crippen LogP contribution in [-0.2, 0) is 22.4 Å². The Morgan fingerprint density at radius 3 is 2.53 bits per heavy atom. The number of carboxylic acid groups (broad SMARTS) is 1. The van der Waals surface area contributed by atoms with Crippen molar-refractivity contribution in [3.63, 3.8) is 0 Å². The van der Waals surface area contributed by atoms with E-state index in [0.29, 0.717) is 40.4 Å². The summed E-state index contributed by atoms with van der Waals surface area (Å²) in [5, 5.41) is 12.9. The van der Waals surface area contributed by atoms with E-state index in [-0.39, 0.29) is 18.1 Å². The minimum Gasteiger partial charge on any atom is -0.481 e. The number of anilines is 1. The van der Waals surface area contributed by atoms with Crippen LogP contribution in [0.2, 0.25) is 5.02 Å². The third kappa shape index (κ3) is 4.93. The number of carbonyl (C=O) groups is 3. The zero-order valence-corrected chi connectivity index (χ0v) is 18.7. The summed E-state index contributed by atoms with van der Waals surface area (Å²) in [4.78, 5) is 39.5. The van der Waals surface area contributed by atoms with E-state index in [9.17, 15) is 19.5 Å². The number of thiophene rings is 1. The van der Waals surface area contributed by atoms with Gasteiger partial charge in [0.25, 0.3) is 5.91 Å². The van der Waals surface area contributed by atoms with Gasteiger partial charge in [-0.25, -0.2) is 0 Å². The van der Waals surface area contributed by atoms with Gasteiger partial charge in [0.05, 0.1) is 11.5 Å². The van der Waals surface area contributed by atoms with Crippen molar-refractivity contribution in [2.45, 2.75) is 52.4 Å². The summed E-state index contributed by atoms with van der Waals surface area (Å²) in [6.07, 6.45) is 3.62. The maximum atomic E-state index is 13.1. The van der Waals surface area contributed by atoms with Crippen LogP contribution in [-0.4, -0.2) is 22.8 Å². The lowest BCUT2D eigenvalue weighted by Crippen LogP contribution is -2.33. The van der Waals surface area contributed by atoms with Crippen molar-refractivity contribution >= 4 is 46.3 Å². The number of rotatable bonds is 7. The second-order valence-electron chi connectivity index (χ2n) is 7.73. The summed E-state index contributed by atoms with van der Waals surface area (Å²) < 4.78 is 0. The molecule has 2 N–H and O–H groups in total. The van der Waals surface area contributed by atoms with Gasteiger partial charge in [0, 0.05) is 32.8 Å². The summed E-state index contributed by atoms with van der Waals surface area (Å²) in [5.74, 6) is -2.35. The smallest absolute Gasteiger partial charge is 0.307 e. The lowest BCUT2D eigenvalue weighted by molar-refractivity contribution is -0.148. The first-order chi connectivity index (χ1) is 14.3. The molecule has 0 spiro atoms. The molecule has 1 fully saturated rings. The van der Waals surface area contributed by atoms with Gasteiger partial charge in [0.2, 0.25) is 0 Å². The summed E-state index contributed by atoms with van der Waals surface area (Å²) >= 11 is 7.47. The molecule has 160 valence electrons. The van der Waals surface area contributed by atoms with Crippen molar-refractivity contribution in [1.82, 2.24) is 0 Å². The van der Waals surface area contributed by atoms with Gasteiger partial charge in [0.15, 0.2) is 0 Å². The number of benzene rings is 1. The minimum atomic E-state index is -0.899. The fraction of sp³-hybridized carbons (Fsp3) is 0.435. The van der Waals surface area contributed by atoms with Crippen LogP contribution in [0.3, 0.4) is 0 Å². The third-order valence-corrected chi connectivity index (χ3v) is 7.16. The van der Waals surface area contributed by atoms with Gasteiger partial charge in [-0.05, 0) is 49.9 Å². The number of aliphatic carboxylic acids is 1. The molecule has 1 aromatic carbocycles. The molecule has 3 rings (SSSR count). The first-order valence-corrected chi connectivity index (χ1v) is 11.4. The van der Waals surface area contributed by atoms with Crippen LogP contribution < -0.4 is 5.32 Å². The van der Waals surface area contributed by atoms with Crippen molar-refractivity contribution in [1.29, 1.82) is 0 Å². The first kappa shape index (κ1) is 22.5. The lowest BCUT2D eigenvalue weighted by Gasteiger charge is -2.27. The van der Waals surface area contributed by atoms with Gasteiger partial charge in [-0.15, -0.1) is 11.3 Å². The van der Waals surface area contributed by atoms with Crippen LogP contribution in [0.1, 0.15) is 58.3 Å². The van der Waals surface area contributed by atoms with Gasteiger partial charge in [-0.3, -0.25) is 14.4 Å². The number of ketones is 1. The molecule has 0 aliphatic heterocycles. The standard InChI is InChI=1S/C23H26ClNO4S/c1-3-16-13(2)30-20(12-19(26)17-9-4-5-10-18(17)23(28)29)21(16)22(27)25-15-8-6-7-14(24)11-15/h6-8,11,17-18H,3-5,9-10,12H2,1-2H3,(H,25,27)(H,28,29). The van der Waals surface area contributed by atoms with Crippen molar-refractivity contribution < 1.29 is 19.5 Å². The van der Waals surface area contributed by atoms with Crippen LogP contribution in [0.25, 0.3) is 0 Å². The van der Waals surface area contributed by atoms with Crippen LogP contribution in [0.4, 0.5) is 5.69 Å².